The van der Waals surface area contributed by atoms with Gasteiger partial charge in [0.2, 0.25) is 11.8 Å². The molecule has 3 aromatic rings. The minimum Gasteiger partial charge on any atom is -0.508 e. The molecule has 3 N–H and O–H groups in total. The molecule has 0 aliphatic carbocycles. The van der Waals surface area contributed by atoms with Crippen LogP contribution in [0.25, 0.3) is 10.2 Å². The van der Waals surface area contributed by atoms with Gasteiger partial charge in [-0.05, 0) is 35.9 Å². The number of benzene rings is 2. The van der Waals surface area contributed by atoms with Crippen LogP contribution in [0.1, 0.15) is 17.5 Å². The van der Waals surface area contributed by atoms with Gasteiger partial charge in [0.15, 0.2) is 5.01 Å². The maximum atomic E-state index is 12.7. The molecule has 7 nitrogen and oxygen atoms in total. The molecule has 0 bridgehead atoms. The summed E-state index contributed by atoms with van der Waals surface area (Å²) in [6.07, 6.45) is 0.285. The Morgan fingerprint density at radius 1 is 1.26 bits per heavy atom. The van der Waals surface area contributed by atoms with Crippen LogP contribution < -0.4 is 10.6 Å². The normalized spacial score (nSPS) is 11.6. The summed E-state index contributed by atoms with van der Waals surface area (Å²) in [5, 5.41) is 24.1. The lowest BCUT2D eigenvalue weighted by molar-refractivity contribution is -0.125. The molecule has 0 spiro atoms. The number of aromatic nitrogens is 1. The van der Waals surface area contributed by atoms with Crippen molar-refractivity contribution < 1.29 is 14.7 Å². The second-order valence-corrected chi connectivity index (χ2v) is 6.96. The standard InChI is InChI=1S/C19H16N4O3S/c1-11(24)21-16(8-12-2-5-14(25)6-3-12)19(26)22-13-4-7-15-17(9-13)27-18(10-20)23-15/h2-7,9,16,25H,8H2,1H3,(H,21,24)(H,22,26). The van der Waals surface area contributed by atoms with E-state index >= 15 is 0 Å². The molecule has 1 heterocycles. The van der Waals surface area contributed by atoms with Crippen LogP contribution in [0.3, 0.4) is 0 Å². The van der Waals surface area contributed by atoms with Crippen LogP contribution in [-0.4, -0.2) is 27.9 Å². The molecule has 0 saturated heterocycles. The van der Waals surface area contributed by atoms with E-state index in [4.69, 9.17) is 5.26 Å². The number of aromatic hydroxyl groups is 1. The zero-order valence-corrected chi connectivity index (χ0v) is 15.2. The van der Waals surface area contributed by atoms with Gasteiger partial charge in [0, 0.05) is 19.0 Å². The van der Waals surface area contributed by atoms with Crippen LogP contribution in [-0.2, 0) is 16.0 Å². The Bertz CT molecular complexity index is 1040. The van der Waals surface area contributed by atoms with Gasteiger partial charge in [-0.2, -0.15) is 5.26 Å². The first-order valence-electron chi connectivity index (χ1n) is 8.11. The minimum absolute atomic E-state index is 0.133. The number of hydrogen-bond donors (Lipinski definition) is 3. The third kappa shape index (κ3) is 4.59. The number of nitrogens with one attached hydrogen (secondary N) is 2. The van der Waals surface area contributed by atoms with Crippen molar-refractivity contribution in [2.45, 2.75) is 19.4 Å². The fraction of sp³-hybridized carbons (Fsp3) is 0.158. The SMILES string of the molecule is CC(=O)NC(Cc1ccc(O)cc1)C(=O)Nc1ccc2nc(C#N)sc2c1. The second kappa shape index (κ2) is 7.85. The summed E-state index contributed by atoms with van der Waals surface area (Å²) in [4.78, 5) is 28.3. The summed E-state index contributed by atoms with van der Waals surface area (Å²) in [7, 11) is 0. The molecule has 1 unspecified atom stereocenters. The summed E-state index contributed by atoms with van der Waals surface area (Å²) in [5.41, 5.74) is 2.05. The molecule has 0 saturated carbocycles. The predicted molar refractivity (Wildman–Crippen MR) is 102 cm³/mol. The molecule has 0 radical (unpaired) electrons. The van der Waals surface area contributed by atoms with Crippen LogP contribution in [0.15, 0.2) is 42.5 Å². The number of carbonyl (C=O) groups excluding carboxylic acids is 2. The van der Waals surface area contributed by atoms with Gasteiger partial charge in [-0.25, -0.2) is 4.98 Å². The van der Waals surface area contributed by atoms with Gasteiger partial charge in [0.25, 0.3) is 0 Å². The number of fused-ring (bicyclic) bond motifs is 1. The summed E-state index contributed by atoms with van der Waals surface area (Å²) < 4.78 is 0.791. The van der Waals surface area contributed by atoms with Crippen molar-refractivity contribution in [3.05, 3.63) is 53.0 Å². The smallest absolute Gasteiger partial charge is 0.247 e. The number of thiazole rings is 1. The third-order valence-electron chi connectivity index (χ3n) is 3.82. The van der Waals surface area contributed by atoms with Crippen molar-refractivity contribution in [2.75, 3.05) is 5.32 Å². The molecular formula is C19H16N4O3S. The topological polar surface area (TPSA) is 115 Å². The first-order chi connectivity index (χ1) is 12.9. The van der Waals surface area contributed by atoms with E-state index in [-0.39, 0.29) is 24.0 Å². The molecule has 0 aliphatic rings. The van der Waals surface area contributed by atoms with Gasteiger partial charge in [-0.15, -0.1) is 11.3 Å². The highest BCUT2D eigenvalue weighted by molar-refractivity contribution is 7.19. The lowest BCUT2D eigenvalue weighted by Crippen LogP contribution is -2.44. The average Bonchev–Trinajstić information content (AvgIpc) is 3.05. The Morgan fingerprint density at radius 2 is 2.00 bits per heavy atom. The van der Waals surface area contributed by atoms with E-state index in [1.165, 1.54) is 30.4 Å². The maximum Gasteiger partial charge on any atom is 0.247 e. The molecule has 1 aromatic heterocycles. The minimum atomic E-state index is -0.765. The highest BCUT2D eigenvalue weighted by Crippen LogP contribution is 2.25. The fourth-order valence-corrected chi connectivity index (χ4v) is 3.40. The first kappa shape index (κ1) is 18.4. The molecule has 136 valence electrons. The van der Waals surface area contributed by atoms with E-state index in [0.29, 0.717) is 16.2 Å². The Hall–Kier alpha value is -3.44. The van der Waals surface area contributed by atoms with E-state index in [1.54, 1.807) is 30.3 Å². The number of nitrogens with zero attached hydrogens (tertiary/aromatic N) is 2. The molecule has 27 heavy (non-hydrogen) atoms. The summed E-state index contributed by atoms with van der Waals surface area (Å²) in [6, 6.07) is 12.9. The van der Waals surface area contributed by atoms with Gasteiger partial charge in [-0.3, -0.25) is 9.59 Å². The Balaban J connectivity index is 1.78. The van der Waals surface area contributed by atoms with Gasteiger partial charge >= 0.3 is 0 Å². The van der Waals surface area contributed by atoms with Crippen LogP contribution >= 0.6 is 11.3 Å². The zero-order valence-electron chi connectivity index (χ0n) is 14.4. The molecule has 3 rings (SSSR count). The van der Waals surface area contributed by atoms with E-state index in [2.05, 4.69) is 15.6 Å². The maximum absolute atomic E-state index is 12.7. The lowest BCUT2D eigenvalue weighted by atomic mass is 10.0. The summed E-state index contributed by atoms with van der Waals surface area (Å²) >= 11 is 1.24. The quantitative estimate of drug-likeness (QED) is 0.629. The van der Waals surface area contributed by atoms with Crippen molar-refractivity contribution in [1.29, 1.82) is 5.26 Å². The van der Waals surface area contributed by atoms with E-state index in [9.17, 15) is 14.7 Å². The number of carbonyl (C=O) groups is 2. The molecule has 0 aliphatic heterocycles. The Kier molecular flexibility index (Phi) is 5.33. The molecule has 8 heteroatoms. The van der Waals surface area contributed by atoms with Gasteiger partial charge in [0.1, 0.15) is 17.9 Å². The third-order valence-corrected chi connectivity index (χ3v) is 4.74. The average molecular weight is 380 g/mol. The highest BCUT2D eigenvalue weighted by Gasteiger charge is 2.20. The Morgan fingerprint density at radius 3 is 2.67 bits per heavy atom. The van der Waals surface area contributed by atoms with Gasteiger partial charge in [-0.1, -0.05) is 12.1 Å². The van der Waals surface area contributed by atoms with Crippen molar-refractivity contribution >= 4 is 39.1 Å². The number of amides is 2. The van der Waals surface area contributed by atoms with E-state index in [0.717, 1.165) is 10.3 Å². The second-order valence-electron chi connectivity index (χ2n) is 5.93. The number of rotatable bonds is 5. The van der Waals surface area contributed by atoms with E-state index in [1.807, 2.05) is 6.07 Å². The zero-order chi connectivity index (χ0) is 19.4. The fourth-order valence-electron chi connectivity index (χ4n) is 2.60. The van der Waals surface area contributed by atoms with Crippen molar-refractivity contribution in [1.82, 2.24) is 10.3 Å². The number of anilines is 1. The van der Waals surface area contributed by atoms with Crippen molar-refractivity contribution in [2.24, 2.45) is 0 Å². The van der Waals surface area contributed by atoms with Crippen molar-refractivity contribution in [3.63, 3.8) is 0 Å². The lowest BCUT2D eigenvalue weighted by Gasteiger charge is -2.18. The van der Waals surface area contributed by atoms with Crippen molar-refractivity contribution in [3.8, 4) is 11.8 Å². The van der Waals surface area contributed by atoms with Crippen LogP contribution in [0.5, 0.6) is 5.75 Å². The molecule has 2 amide bonds. The Labute approximate surface area is 159 Å². The summed E-state index contributed by atoms with van der Waals surface area (Å²) in [5.74, 6) is -0.540. The monoisotopic (exact) mass is 380 g/mol. The molecule has 0 fully saturated rings. The highest BCUT2D eigenvalue weighted by atomic mass is 32.1. The number of nitriles is 1. The van der Waals surface area contributed by atoms with Crippen LogP contribution in [0.2, 0.25) is 0 Å². The largest absolute Gasteiger partial charge is 0.508 e. The molecule has 2 aromatic carbocycles. The number of phenolic OH excluding ortho intramolecular Hbond substituents is 1. The predicted octanol–water partition coefficient (Wildman–Crippen LogP) is 2.56. The number of hydrogen-bond acceptors (Lipinski definition) is 6. The summed E-state index contributed by atoms with van der Waals surface area (Å²) in [6.45, 7) is 1.35. The number of phenols is 1. The van der Waals surface area contributed by atoms with Gasteiger partial charge in [0.05, 0.1) is 10.2 Å². The van der Waals surface area contributed by atoms with Gasteiger partial charge < -0.3 is 15.7 Å². The molecule has 1 atom stereocenters. The molecular weight excluding hydrogens is 364 g/mol. The van der Waals surface area contributed by atoms with Crippen LogP contribution in [0.4, 0.5) is 5.69 Å². The van der Waals surface area contributed by atoms with E-state index < -0.39 is 6.04 Å². The van der Waals surface area contributed by atoms with Crippen LogP contribution in [0, 0.1) is 11.3 Å². The first-order valence-corrected chi connectivity index (χ1v) is 8.93.